The summed E-state index contributed by atoms with van der Waals surface area (Å²) in [6.45, 7) is 10.3. The monoisotopic (exact) mass is 412 g/mol. The first kappa shape index (κ1) is 24.2. The maximum Gasteiger partial charge on any atom is 0.0478 e. The second-order valence-electron chi connectivity index (χ2n) is 7.46. The molecule has 4 rings (SSSR count). The molecule has 2 heteroatoms. The zero-order chi connectivity index (χ0) is 22.5. The molecule has 0 aliphatic rings. The summed E-state index contributed by atoms with van der Waals surface area (Å²) in [5.74, 6) is 0. The van der Waals surface area contributed by atoms with Crippen molar-refractivity contribution < 1.29 is 0 Å². The number of hydrogen-bond acceptors (Lipinski definition) is 1. The van der Waals surface area contributed by atoms with Crippen LogP contribution in [-0.2, 0) is 13.1 Å². The Labute approximate surface area is 188 Å². The molecule has 0 fully saturated rings. The fourth-order valence-corrected chi connectivity index (χ4v) is 3.38. The fraction of sp³-hybridized carbons (Fsp3) is 0.241. The van der Waals surface area contributed by atoms with E-state index in [4.69, 9.17) is 0 Å². The van der Waals surface area contributed by atoms with Gasteiger partial charge in [0.05, 0.1) is 0 Å². The summed E-state index contributed by atoms with van der Waals surface area (Å²) < 4.78 is 2.12. The molecule has 162 valence electrons. The van der Waals surface area contributed by atoms with Crippen molar-refractivity contribution in [1.29, 1.82) is 0 Å². The molecule has 0 bridgehead atoms. The Morgan fingerprint density at radius 2 is 1.16 bits per heavy atom. The topological polar surface area (TPSA) is 8.17 Å². The van der Waals surface area contributed by atoms with Gasteiger partial charge < -0.3 is 4.57 Å². The van der Waals surface area contributed by atoms with Crippen molar-refractivity contribution in [1.82, 2.24) is 9.47 Å². The molecular formula is C29H36N2. The molecule has 1 aromatic heterocycles. The van der Waals surface area contributed by atoms with Crippen LogP contribution in [0.1, 0.15) is 36.1 Å². The lowest BCUT2D eigenvalue weighted by atomic mass is 10.1. The molecular weight excluding hydrogens is 376 g/mol. The van der Waals surface area contributed by atoms with Gasteiger partial charge in [0.1, 0.15) is 0 Å². The molecule has 2 nitrogen and oxygen atoms in total. The minimum Gasteiger partial charge on any atom is -0.324 e. The van der Waals surface area contributed by atoms with Gasteiger partial charge in [-0.1, -0.05) is 86.6 Å². The van der Waals surface area contributed by atoms with Crippen molar-refractivity contribution in [3.8, 4) is 5.69 Å². The predicted octanol–water partition coefficient (Wildman–Crippen LogP) is 7.44. The second-order valence-corrected chi connectivity index (χ2v) is 7.46. The molecule has 0 aliphatic heterocycles. The summed E-state index contributed by atoms with van der Waals surface area (Å²) in [5, 5.41) is 0. The van der Waals surface area contributed by atoms with E-state index in [1.165, 1.54) is 27.9 Å². The zero-order valence-electron chi connectivity index (χ0n) is 19.6. The van der Waals surface area contributed by atoms with Crippen molar-refractivity contribution in [2.45, 2.75) is 40.8 Å². The van der Waals surface area contributed by atoms with Gasteiger partial charge >= 0.3 is 0 Å². The summed E-state index contributed by atoms with van der Waals surface area (Å²) >= 11 is 0. The van der Waals surface area contributed by atoms with Crippen LogP contribution in [0.15, 0.2) is 103 Å². The fourth-order valence-electron chi connectivity index (χ4n) is 3.38. The SMILES string of the molecule is CC.Cc1ccccc1-n1cccc1.Cc1ccccc1CN(C)Cc1ccccc1. The molecule has 0 saturated carbocycles. The van der Waals surface area contributed by atoms with Crippen LogP contribution < -0.4 is 0 Å². The van der Waals surface area contributed by atoms with E-state index >= 15 is 0 Å². The van der Waals surface area contributed by atoms with Gasteiger partial charge in [-0.05, 0) is 61.3 Å². The average molecular weight is 413 g/mol. The summed E-state index contributed by atoms with van der Waals surface area (Å²) in [5.41, 5.74) is 6.69. The van der Waals surface area contributed by atoms with Gasteiger partial charge in [-0.25, -0.2) is 0 Å². The van der Waals surface area contributed by atoms with E-state index in [9.17, 15) is 0 Å². The third-order valence-electron chi connectivity index (χ3n) is 4.99. The Kier molecular flexibility index (Phi) is 10.3. The van der Waals surface area contributed by atoms with Gasteiger partial charge in [-0.2, -0.15) is 0 Å². The van der Waals surface area contributed by atoms with Crippen LogP contribution in [-0.4, -0.2) is 16.5 Å². The molecule has 0 amide bonds. The Bertz CT molecular complexity index is 988. The molecule has 0 unspecified atom stereocenters. The minimum absolute atomic E-state index is 0.995. The molecule has 0 spiro atoms. The van der Waals surface area contributed by atoms with Crippen LogP contribution in [0.5, 0.6) is 0 Å². The summed E-state index contributed by atoms with van der Waals surface area (Å²) in [4.78, 5) is 2.34. The Morgan fingerprint density at radius 3 is 1.77 bits per heavy atom. The summed E-state index contributed by atoms with van der Waals surface area (Å²) in [7, 11) is 2.17. The van der Waals surface area contributed by atoms with Gasteiger partial charge in [0.25, 0.3) is 0 Å². The highest BCUT2D eigenvalue weighted by Crippen LogP contribution is 2.13. The van der Waals surface area contributed by atoms with E-state index in [1.54, 1.807) is 0 Å². The predicted molar refractivity (Wildman–Crippen MR) is 135 cm³/mol. The zero-order valence-corrected chi connectivity index (χ0v) is 19.6. The molecule has 4 aromatic rings. The van der Waals surface area contributed by atoms with Gasteiger partial charge in [0.15, 0.2) is 0 Å². The van der Waals surface area contributed by atoms with Crippen LogP contribution in [0.3, 0.4) is 0 Å². The lowest BCUT2D eigenvalue weighted by Gasteiger charge is -2.18. The molecule has 0 saturated heterocycles. The summed E-state index contributed by atoms with van der Waals surface area (Å²) in [6, 6.07) is 31.6. The van der Waals surface area contributed by atoms with Crippen LogP contribution in [0, 0.1) is 13.8 Å². The molecule has 0 aliphatic carbocycles. The van der Waals surface area contributed by atoms with Crippen LogP contribution in [0.4, 0.5) is 0 Å². The van der Waals surface area contributed by atoms with Crippen molar-refractivity contribution in [3.63, 3.8) is 0 Å². The smallest absolute Gasteiger partial charge is 0.0478 e. The first-order valence-electron chi connectivity index (χ1n) is 11.1. The third kappa shape index (κ3) is 7.92. The lowest BCUT2D eigenvalue weighted by molar-refractivity contribution is 0.318. The van der Waals surface area contributed by atoms with Gasteiger partial charge in [-0.3, -0.25) is 4.90 Å². The number of aryl methyl sites for hydroxylation is 2. The van der Waals surface area contributed by atoms with Crippen LogP contribution >= 0.6 is 0 Å². The lowest BCUT2D eigenvalue weighted by Crippen LogP contribution is -2.17. The van der Waals surface area contributed by atoms with Gasteiger partial charge in [0, 0.05) is 31.2 Å². The van der Waals surface area contributed by atoms with Crippen molar-refractivity contribution in [2.75, 3.05) is 7.05 Å². The van der Waals surface area contributed by atoms with E-state index in [-0.39, 0.29) is 0 Å². The number of benzene rings is 3. The van der Waals surface area contributed by atoms with Crippen LogP contribution in [0.2, 0.25) is 0 Å². The molecule has 1 heterocycles. The van der Waals surface area contributed by atoms with Crippen molar-refractivity contribution >= 4 is 0 Å². The largest absolute Gasteiger partial charge is 0.324 e. The quantitative estimate of drug-likeness (QED) is 0.331. The van der Waals surface area contributed by atoms with E-state index in [2.05, 4.69) is 122 Å². The highest BCUT2D eigenvalue weighted by Gasteiger charge is 2.03. The maximum absolute atomic E-state index is 2.34. The second kappa shape index (κ2) is 13.3. The maximum atomic E-state index is 2.34. The van der Waals surface area contributed by atoms with E-state index in [0.717, 1.165) is 13.1 Å². The third-order valence-corrected chi connectivity index (χ3v) is 4.99. The normalized spacial score (nSPS) is 10.0. The van der Waals surface area contributed by atoms with Gasteiger partial charge in [-0.15, -0.1) is 0 Å². The summed E-state index contributed by atoms with van der Waals surface area (Å²) in [6.07, 6.45) is 4.12. The molecule has 0 atom stereocenters. The Morgan fingerprint density at radius 1 is 0.613 bits per heavy atom. The molecule has 3 aromatic carbocycles. The Hall–Kier alpha value is -3.10. The number of para-hydroxylation sites is 1. The standard InChI is InChI=1S/C16H19N.C11H11N.C2H6/c1-14-8-6-7-11-16(14)13-17(2)12-15-9-4-3-5-10-15;1-10-6-2-3-7-11(10)12-8-4-5-9-12;1-2/h3-11H,12-13H2,1-2H3;2-9H,1H3;1-2H3. The van der Waals surface area contributed by atoms with E-state index < -0.39 is 0 Å². The average Bonchev–Trinajstić information content (AvgIpc) is 3.33. The first-order chi connectivity index (χ1) is 15.1. The number of rotatable bonds is 5. The Balaban J connectivity index is 0.000000214. The van der Waals surface area contributed by atoms with Crippen molar-refractivity contribution in [3.05, 3.63) is 126 Å². The van der Waals surface area contributed by atoms with Gasteiger partial charge in [0.2, 0.25) is 0 Å². The highest BCUT2D eigenvalue weighted by molar-refractivity contribution is 5.40. The number of nitrogens with zero attached hydrogens (tertiary/aromatic N) is 2. The first-order valence-corrected chi connectivity index (χ1v) is 11.1. The van der Waals surface area contributed by atoms with E-state index in [0.29, 0.717) is 0 Å². The van der Waals surface area contributed by atoms with Crippen molar-refractivity contribution in [2.24, 2.45) is 0 Å². The molecule has 0 N–H and O–H groups in total. The highest BCUT2D eigenvalue weighted by atomic mass is 15.1. The number of hydrogen-bond donors (Lipinski definition) is 0. The number of aromatic nitrogens is 1. The minimum atomic E-state index is 0.995. The molecule has 31 heavy (non-hydrogen) atoms. The molecule has 0 radical (unpaired) electrons. The van der Waals surface area contributed by atoms with Crippen LogP contribution in [0.25, 0.3) is 5.69 Å². The van der Waals surface area contributed by atoms with E-state index in [1.807, 2.05) is 26.0 Å².